The van der Waals surface area contributed by atoms with Gasteiger partial charge in [0.2, 0.25) is 5.91 Å². The zero-order valence-electron chi connectivity index (χ0n) is 16.3. The van der Waals surface area contributed by atoms with Crippen molar-refractivity contribution in [2.45, 2.75) is 13.0 Å². The molecule has 1 atom stereocenters. The predicted molar refractivity (Wildman–Crippen MR) is 105 cm³/mol. The Morgan fingerprint density at radius 2 is 1.79 bits per heavy atom. The Labute approximate surface area is 167 Å². The molecular formula is C20H21N3O6. The normalized spacial score (nSPS) is 16.5. The molecule has 0 N–H and O–H groups in total. The van der Waals surface area contributed by atoms with Crippen LogP contribution in [0.1, 0.15) is 17.3 Å². The number of nitro benzene ring substituents is 1. The van der Waals surface area contributed by atoms with Crippen LogP contribution in [0.15, 0.2) is 42.5 Å². The summed E-state index contributed by atoms with van der Waals surface area (Å²) in [7, 11) is 3.06. The van der Waals surface area contributed by atoms with Crippen molar-refractivity contribution in [3.63, 3.8) is 0 Å². The lowest BCUT2D eigenvalue weighted by molar-refractivity contribution is -0.384. The molecule has 0 saturated carbocycles. The van der Waals surface area contributed by atoms with Crippen molar-refractivity contribution in [2.75, 3.05) is 32.2 Å². The molecule has 1 saturated heterocycles. The number of anilines is 1. The number of carbonyl (C=O) groups is 2. The number of piperazine rings is 1. The highest BCUT2D eigenvalue weighted by atomic mass is 16.6. The summed E-state index contributed by atoms with van der Waals surface area (Å²) in [4.78, 5) is 39.2. The number of carbonyl (C=O) groups excluding carboxylic acids is 2. The molecule has 0 spiro atoms. The van der Waals surface area contributed by atoms with Crippen LogP contribution in [0.25, 0.3) is 0 Å². The fourth-order valence-corrected chi connectivity index (χ4v) is 3.29. The van der Waals surface area contributed by atoms with Crippen LogP contribution in [0, 0.1) is 10.1 Å². The van der Waals surface area contributed by atoms with Gasteiger partial charge in [-0.05, 0) is 31.2 Å². The van der Waals surface area contributed by atoms with Crippen LogP contribution in [0.2, 0.25) is 0 Å². The van der Waals surface area contributed by atoms with E-state index in [9.17, 15) is 19.7 Å². The predicted octanol–water partition coefficient (Wildman–Crippen LogP) is 2.49. The second kappa shape index (κ2) is 8.17. The summed E-state index contributed by atoms with van der Waals surface area (Å²) >= 11 is 0. The van der Waals surface area contributed by atoms with E-state index in [2.05, 4.69) is 0 Å². The van der Waals surface area contributed by atoms with Crippen LogP contribution in [0.3, 0.4) is 0 Å². The fourth-order valence-electron chi connectivity index (χ4n) is 3.29. The molecule has 0 unspecified atom stereocenters. The van der Waals surface area contributed by atoms with Gasteiger partial charge in [0, 0.05) is 36.9 Å². The van der Waals surface area contributed by atoms with E-state index >= 15 is 0 Å². The molecule has 1 aliphatic heterocycles. The Morgan fingerprint density at radius 3 is 2.38 bits per heavy atom. The molecule has 2 aromatic carbocycles. The standard InChI is InChI=1S/C20H21N3O6/c1-13-19(24)22(17-12-16(28-2)8-9-18(17)29-3)11-10-21(13)20(25)14-4-6-15(7-5-14)23(26)27/h4-9,12-13H,10-11H2,1-3H3/t13-/m0/s1. The fraction of sp³-hybridized carbons (Fsp3) is 0.300. The number of hydrogen-bond donors (Lipinski definition) is 0. The Balaban J connectivity index is 1.82. The number of nitrogens with zero attached hydrogens (tertiary/aromatic N) is 3. The Bertz CT molecular complexity index is 944. The maximum atomic E-state index is 13.0. The number of nitro groups is 1. The number of amides is 2. The van der Waals surface area contributed by atoms with Crippen LogP contribution in [0.4, 0.5) is 11.4 Å². The highest BCUT2D eigenvalue weighted by molar-refractivity contribution is 6.04. The van der Waals surface area contributed by atoms with E-state index in [4.69, 9.17) is 9.47 Å². The highest BCUT2D eigenvalue weighted by Crippen LogP contribution is 2.34. The van der Waals surface area contributed by atoms with Gasteiger partial charge < -0.3 is 19.3 Å². The van der Waals surface area contributed by atoms with Crippen LogP contribution >= 0.6 is 0 Å². The molecule has 9 nitrogen and oxygen atoms in total. The minimum absolute atomic E-state index is 0.0967. The number of benzene rings is 2. The topological polar surface area (TPSA) is 102 Å². The third-order valence-electron chi connectivity index (χ3n) is 4.92. The van der Waals surface area contributed by atoms with E-state index in [0.29, 0.717) is 29.3 Å². The number of methoxy groups -OCH3 is 2. The largest absolute Gasteiger partial charge is 0.497 e. The Morgan fingerprint density at radius 1 is 1.10 bits per heavy atom. The molecule has 3 rings (SSSR count). The first-order valence-corrected chi connectivity index (χ1v) is 8.96. The van der Waals surface area contributed by atoms with Crippen LogP contribution < -0.4 is 14.4 Å². The lowest BCUT2D eigenvalue weighted by Gasteiger charge is -2.39. The molecule has 29 heavy (non-hydrogen) atoms. The second-order valence-electron chi connectivity index (χ2n) is 6.51. The van der Waals surface area contributed by atoms with E-state index in [1.807, 2.05) is 0 Å². The van der Waals surface area contributed by atoms with Gasteiger partial charge in [-0.2, -0.15) is 0 Å². The second-order valence-corrected chi connectivity index (χ2v) is 6.51. The van der Waals surface area contributed by atoms with Crippen molar-refractivity contribution >= 4 is 23.2 Å². The number of ether oxygens (including phenoxy) is 2. The minimum atomic E-state index is -0.706. The lowest BCUT2D eigenvalue weighted by atomic mass is 10.1. The van der Waals surface area contributed by atoms with Crippen molar-refractivity contribution in [3.8, 4) is 11.5 Å². The number of rotatable bonds is 5. The molecule has 0 radical (unpaired) electrons. The zero-order valence-corrected chi connectivity index (χ0v) is 16.3. The van der Waals surface area contributed by atoms with Gasteiger partial charge in [-0.25, -0.2) is 0 Å². The van der Waals surface area contributed by atoms with Crippen LogP contribution in [-0.2, 0) is 4.79 Å². The SMILES string of the molecule is COc1ccc(OC)c(N2CCN(C(=O)c3ccc([N+](=O)[O-])cc3)[C@@H](C)C2=O)c1. The molecule has 2 aromatic rings. The average Bonchev–Trinajstić information content (AvgIpc) is 2.74. The summed E-state index contributed by atoms with van der Waals surface area (Å²) in [5.41, 5.74) is 0.773. The van der Waals surface area contributed by atoms with Gasteiger partial charge in [-0.3, -0.25) is 19.7 Å². The van der Waals surface area contributed by atoms with Crippen molar-refractivity contribution < 1.29 is 24.0 Å². The quantitative estimate of drug-likeness (QED) is 0.565. The van der Waals surface area contributed by atoms with Gasteiger partial charge in [0.25, 0.3) is 11.6 Å². The summed E-state index contributed by atoms with van der Waals surface area (Å²) in [6.45, 7) is 2.25. The first-order chi connectivity index (χ1) is 13.9. The molecule has 2 amide bonds. The maximum absolute atomic E-state index is 13.0. The van der Waals surface area contributed by atoms with Gasteiger partial charge in [-0.1, -0.05) is 0 Å². The Hall–Kier alpha value is -3.62. The molecule has 0 bridgehead atoms. The molecule has 1 fully saturated rings. The van der Waals surface area contributed by atoms with E-state index in [1.54, 1.807) is 30.0 Å². The molecule has 152 valence electrons. The van der Waals surface area contributed by atoms with Gasteiger partial charge in [0.05, 0.1) is 24.8 Å². The Kier molecular flexibility index (Phi) is 5.67. The van der Waals surface area contributed by atoms with Gasteiger partial charge in [0.1, 0.15) is 17.5 Å². The summed E-state index contributed by atoms with van der Waals surface area (Å²) in [5.74, 6) is 0.517. The molecule has 9 heteroatoms. The molecular weight excluding hydrogens is 378 g/mol. The highest BCUT2D eigenvalue weighted by Gasteiger charge is 2.36. The molecule has 1 aliphatic rings. The van der Waals surface area contributed by atoms with Crippen molar-refractivity contribution in [2.24, 2.45) is 0 Å². The van der Waals surface area contributed by atoms with Crippen molar-refractivity contribution in [3.05, 3.63) is 58.1 Å². The van der Waals surface area contributed by atoms with E-state index < -0.39 is 11.0 Å². The summed E-state index contributed by atoms with van der Waals surface area (Å²) in [6.07, 6.45) is 0. The number of non-ortho nitro benzene ring substituents is 1. The summed E-state index contributed by atoms with van der Waals surface area (Å²) in [5, 5.41) is 10.8. The molecule has 0 aliphatic carbocycles. The zero-order chi connectivity index (χ0) is 21.1. The molecule has 0 aromatic heterocycles. The van der Waals surface area contributed by atoms with E-state index in [-0.39, 0.29) is 24.0 Å². The van der Waals surface area contributed by atoms with Gasteiger partial charge >= 0.3 is 0 Å². The van der Waals surface area contributed by atoms with Crippen LogP contribution in [0.5, 0.6) is 11.5 Å². The average molecular weight is 399 g/mol. The van der Waals surface area contributed by atoms with Crippen molar-refractivity contribution in [1.29, 1.82) is 0 Å². The van der Waals surface area contributed by atoms with E-state index in [1.165, 1.54) is 43.4 Å². The van der Waals surface area contributed by atoms with Gasteiger partial charge in [-0.15, -0.1) is 0 Å². The molecule has 1 heterocycles. The third kappa shape index (κ3) is 3.84. The summed E-state index contributed by atoms with van der Waals surface area (Å²) < 4.78 is 10.6. The first-order valence-electron chi connectivity index (χ1n) is 8.96. The minimum Gasteiger partial charge on any atom is -0.497 e. The first kappa shape index (κ1) is 20.1. The summed E-state index contributed by atoms with van der Waals surface area (Å²) in [6, 6.07) is 9.82. The van der Waals surface area contributed by atoms with Gasteiger partial charge in [0.15, 0.2) is 0 Å². The van der Waals surface area contributed by atoms with E-state index in [0.717, 1.165) is 0 Å². The van der Waals surface area contributed by atoms with Crippen molar-refractivity contribution in [1.82, 2.24) is 4.90 Å². The smallest absolute Gasteiger partial charge is 0.269 e. The number of hydrogen-bond acceptors (Lipinski definition) is 6. The monoisotopic (exact) mass is 399 g/mol. The van der Waals surface area contributed by atoms with Crippen LogP contribution in [-0.4, -0.2) is 55.0 Å². The third-order valence-corrected chi connectivity index (χ3v) is 4.92. The maximum Gasteiger partial charge on any atom is 0.269 e. The lowest BCUT2D eigenvalue weighted by Crippen LogP contribution is -2.57.